The molecule has 0 unspecified atom stereocenters. The molecule has 0 radical (unpaired) electrons. The molecule has 8 nitrogen and oxygen atoms in total. The molecule has 0 spiro atoms. The Morgan fingerprint density at radius 1 is 1.48 bits per heavy atom. The van der Waals surface area contributed by atoms with Crippen molar-refractivity contribution in [2.24, 2.45) is 0 Å². The number of benzene rings is 1. The summed E-state index contributed by atoms with van der Waals surface area (Å²) in [5.41, 5.74) is -2.02. The number of nitrogens with zero attached hydrogens (tertiary/aromatic N) is 3. The summed E-state index contributed by atoms with van der Waals surface area (Å²) in [6.45, 7) is 1.38. The lowest BCUT2D eigenvalue weighted by Crippen LogP contribution is -2.23. The van der Waals surface area contributed by atoms with Gasteiger partial charge in [0, 0.05) is 23.9 Å². The molecule has 1 aromatic carbocycles. The number of aromatic carboxylic acids is 1. The summed E-state index contributed by atoms with van der Waals surface area (Å²) < 4.78 is 14.5. The molecule has 1 N–H and O–H groups in total. The summed E-state index contributed by atoms with van der Waals surface area (Å²) >= 11 is 0. The first-order chi connectivity index (χ1) is 9.81. The van der Waals surface area contributed by atoms with Gasteiger partial charge in [0.2, 0.25) is 16.9 Å². The summed E-state index contributed by atoms with van der Waals surface area (Å²) in [5, 5.41) is 23.0. The topological polar surface area (TPSA) is 115 Å². The monoisotopic (exact) mass is 293 g/mol. The van der Waals surface area contributed by atoms with E-state index in [9.17, 15) is 24.1 Å². The van der Waals surface area contributed by atoms with Gasteiger partial charge in [-0.1, -0.05) is 0 Å². The van der Waals surface area contributed by atoms with Crippen LogP contribution < -0.4 is 5.43 Å². The van der Waals surface area contributed by atoms with Crippen LogP contribution in [0.5, 0.6) is 0 Å². The minimum absolute atomic E-state index is 0.0590. The van der Waals surface area contributed by atoms with Crippen LogP contribution in [0.25, 0.3) is 5.69 Å². The van der Waals surface area contributed by atoms with Crippen molar-refractivity contribution in [3.8, 4) is 5.69 Å². The average Bonchev–Trinajstić information content (AvgIpc) is 2.40. The molecule has 0 atom stereocenters. The highest BCUT2D eigenvalue weighted by atomic mass is 19.1. The van der Waals surface area contributed by atoms with Gasteiger partial charge in [-0.15, -0.1) is 0 Å². The van der Waals surface area contributed by atoms with Crippen LogP contribution in [0.15, 0.2) is 29.2 Å². The van der Waals surface area contributed by atoms with Crippen LogP contribution in [0.2, 0.25) is 0 Å². The molecule has 108 valence electrons. The first-order valence-corrected chi connectivity index (χ1v) is 5.59. The molecule has 1 heterocycles. The molecule has 21 heavy (non-hydrogen) atoms. The maximum Gasteiger partial charge on any atom is 0.360 e. The van der Waals surface area contributed by atoms with Crippen LogP contribution in [-0.2, 0) is 0 Å². The third-order valence-corrected chi connectivity index (χ3v) is 2.69. The SMILES string of the molecule is Cc1cn(-c2ccc([N+](=O)[O-])c(F)c2)nc(C(=O)O)c1=O. The molecule has 0 aliphatic rings. The molecular weight excluding hydrogens is 285 g/mol. The summed E-state index contributed by atoms with van der Waals surface area (Å²) in [5.74, 6) is -2.60. The van der Waals surface area contributed by atoms with Crippen molar-refractivity contribution in [2.75, 3.05) is 0 Å². The zero-order chi connectivity index (χ0) is 15.7. The second-order valence-electron chi connectivity index (χ2n) is 4.13. The number of carboxylic acid groups (broad SMARTS) is 1. The van der Waals surface area contributed by atoms with E-state index in [1.165, 1.54) is 19.2 Å². The number of carboxylic acids is 1. The summed E-state index contributed by atoms with van der Waals surface area (Å²) in [6, 6.07) is 2.96. The molecule has 0 fully saturated rings. The van der Waals surface area contributed by atoms with Gasteiger partial charge in [0.05, 0.1) is 10.6 Å². The van der Waals surface area contributed by atoms with E-state index in [1.54, 1.807) is 0 Å². The van der Waals surface area contributed by atoms with Gasteiger partial charge < -0.3 is 5.11 Å². The molecule has 0 bridgehead atoms. The summed E-state index contributed by atoms with van der Waals surface area (Å²) in [6.07, 6.45) is 1.22. The highest BCUT2D eigenvalue weighted by Gasteiger charge is 2.17. The first kappa shape index (κ1) is 14.3. The quantitative estimate of drug-likeness (QED) is 0.673. The third kappa shape index (κ3) is 2.61. The minimum atomic E-state index is -1.51. The Bertz CT molecular complexity index is 815. The molecule has 1 aromatic heterocycles. The van der Waals surface area contributed by atoms with E-state index in [0.717, 1.165) is 16.8 Å². The fourth-order valence-electron chi connectivity index (χ4n) is 1.67. The normalized spacial score (nSPS) is 10.4. The van der Waals surface area contributed by atoms with Crippen molar-refractivity contribution in [3.05, 3.63) is 61.8 Å². The van der Waals surface area contributed by atoms with Crippen molar-refractivity contribution in [1.29, 1.82) is 0 Å². The highest BCUT2D eigenvalue weighted by Crippen LogP contribution is 2.19. The third-order valence-electron chi connectivity index (χ3n) is 2.69. The van der Waals surface area contributed by atoms with Crippen LogP contribution in [-0.4, -0.2) is 25.8 Å². The predicted molar refractivity (Wildman–Crippen MR) is 68.1 cm³/mol. The molecule has 0 amide bonds. The van der Waals surface area contributed by atoms with Crippen molar-refractivity contribution in [1.82, 2.24) is 9.78 Å². The van der Waals surface area contributed by atoms with E-state index >= 15 is 0 Å². The Kier molecular flexibility index (Phi) is 3.49. The van der Waals surface area contributed by atoms with Gasteiger partial charge >= 0.3 is 11.7 Å². The Balaban J connectivity index is 2.62. The molecule has 9 heteroatoms. The molecule has 0 aliphatic carbocycles. The first-order valence-electron chi connectivity index (χ1n) is 5.59. The lowest BCUT2D eigenvalue weighted by molar-refractivity contribution is -0.387. The Morgan fingerprint density at radius 2 is 2.14 bits per heavy atom. The zero-order valence-electron chi connectivity index (χ0n) is 10.6. The number of nitro benzene ring substituents is 1. The van der Waals surface area contributed by atoms with Gasteiger partial charge in [-0.05, 0) is 13.0 Å². The minimum Gasteiger partial charge on any atom is -0.476 e. The second kappa shape index (κ2) is 5.12. The number of hydrogen-bond donors (Lipinski definition) is 1. The van der Waals surface area contributed by atoms with E-state index in [4.69, 9.17) is 5.11 Å². The lowest BCUT2D eigenvalue weighted by Gasteiger charge is -2.07. The van der Waals surface area contributed by atoms with E-state index in [2.05, 4.69) is 5.10 Å². The predicted octanol–water partition coefficient (Wildman–Crippen LogP) is 1.29. The van der Waals surface area contributed by atoms with Crippen molar-refractivity contribution in [2.45, 2.75) is 6.92 Å². The van der Waals surface area contributed by atoms with Crippen molar-refractivity contribution in [3.63, 3.8) is 0 Å². The zero-order valence-corrected chi connectivity index (χ0v) is 10.6. The smallest absolute Gasteiger partial charge is 0.360 e. The molecular formula is C12H8FN3O5. The van der Waals surface area contributed by atoms with Crippen molar-refractivity contribution < 1.29 is 19.2 Å². The van der Waals surface area contributed by atoms with Crippen LogP contribution in [0, 0.1) is 22.9 Å². The van der Waals surface area contributed by atoms with E-state index in [1.807, 2.05) is 0 Å². The van der Waals surface area contributed by atoms with Gasteiger partial charge in [0.15, 0.2) is 0 Å². The maximum atomic E-state index is 13.6. The molecule has 0 saturated carbocycles. The standard InChI is InChI=1S/C12H8FN3O5/c1-6-5-15(14-10(11(6)17)12(18)19)7-2-3-9(16(20)21)8(13)4-7/h2-5H,1H3,(H,18,19). The van der Waals surface area contributed by atoms with Gasteiger partial charge in [0.25, 0.3) is 0 Å². The Hall–Kier alpha value is -3.10. The van der Waals surface area contributed by atoms with Gasteiger partial charge in [-0.2, -0.15) is 9.49 Å². The fourth-order valence-corrected chi connectivity index (χ4v) is 1.67. The van der Waals surface area contributed by atoms with E-state index in [0.29, 0.717) is 0 Å². The number of hydrogen-bond acceptors (Lipinski definition) is 5. The summed E-state index contributed by atoms with van der Waals surface area (Å²) in [4.78, 5) is 32.2. The number of halogens is 1. The summed E-state index contributed by atoms with van der Waals surface area (Å²) in [7, 11) is 0. The molecule has 2 aromatic rings. The molecule has 2 rings (SSSR count). The van der Waals surface area contributed by atoms with Crippen molar-refractivity contribution >= 4 is 11.7 Å². The second-order valence-corrected chi connectivity index (χ2v) is 4.13. The maximum absolute atomic E-state index is 13.6. The number of aryl methyl sites for hydroxylation is 1. The molecule has 0 aliphatic heterocycles. The van der Waals surface area contributed by atoms with Crippen LogP contribution in [0.3, 0.4) is 0 Å². The molecule has 0 saturated heterocycles. The van der Waals surface area contributed by atoms with Crippen LogP contribution in [0.1, 0.15) is 16.1 Å². The average molecular weight is 293 g/mol. The lowest BCUT2D eigenvalue weighted by atomic mass is 10.2. The Labute approximate surface area is 116 Å². The number of rotatable bonds is 3. The number of carbonyl (C=O) groups is 1. The fraction of sp³-hybridized carbons (Fsp3) is 0.0833. The number of aromatic nitrogens is 2. The van der Waals surface area contributed by atoms with Gasteiger partial charge in [0.1, 0.15) is 0 Å². The van der Waals surface area contributed by atoms with E-state index in [-0.39, 0.29) is 11.3 Å². The van der Waals surface area contributed by atoms with Crippen LogP contribution in [0.4, 0.5) is 10.1 Å². The van der Waals surface area contributed by atoms with Crippen LogP contribution >= 0.6 is 0 Å². The largest absolute Gasteiger partial charge is 0.476 e. The number of nitro groups is 1. The van der Waals surface area contributed by atoms with Gasteiger partial charge in [-0.3, -0.25) is 14.9 Å². The van der Waals surface area contributed by atoms with E-state index < -0.39 is 33.5 Å². The highest BCUT2D eigenvalue weighted by molar-refractivity contribution is 5.85. The van der Waals surface area contributed by atoms with Gasteiger partial charge in [-0.25, -0.2) is 9.48 Å². The Morgan fingerprint density at radius 3 is 2.67 bits per heavy atom.